The van der Waals surface area contributed by atoms with Gasteiger partial charge in [0.25, 0.3) is 0 Å². The van der Waals surface area contributed by atoms with Gasteiger partial charge in [-0.2, -0.15) is 0 Å². The summed E-state index contributed by atoms with van der Waals surface area (Å²) in [6.45, 7) is 1.93. The van der Waals surface area contributed by atoms with E-state index in [1.54, 1.807) is 0 Å². The maximum absolute atomic E-state index is 6.07. The molecule has 0 atom stereocenters. The van der Waals surface area contributed by atoms with Crippen molar-refractivity contribution < 1.29 is 4.42 Å². The minimum atomic E-state index is 0.688. The number of halogens is 2. The highest BCUT2D eigenvalue weighted by Gasteiger charge is 2.16. The van der Waals surface area contributed by atoms with Crippen molar-refractivity contribution >= 4 is 23.2 Å². The Kier molecular flexibility index (Phi) is 3.96. The highest BCUT2D eigenvalue weighted by molar-refractivity contribution is 6.31. The first kappa shape index (κ1) is 14.1. The van der Waals surface area contributed by atoms with Crippen LogP contribution in [0.25, 0.3) is 22.5 Å². The van der Waals surface area contributed by atoms with Crippen molar-refractivity contribution in [3.63, 3.8) is 0 Å². The van der Waals surface area contributed by atoms with E-state index in [-0.39, 0.29) is 0 Å². The fraction of sp³-hybridized carbons (Fsp3) is 0.0556. The van der Waals surface area contributed by atoms with Crippen molar-refractivity contribution in [1.29, 1.82) is 0 Å². The van der Waals surface area contributed by atoms with Crippen molar-refractivity contribution in [2.75, 3.05) is 0 Å². The van der Waals surface area contributed by atoms with E-state index in [0.29, 0.717) is 5.02 Å². The van der Waals surface area contributed by atoms with Crippen LogP contribution in [0.5, 0.6) is 0 Å². The lowest BCUT2D eigenvalue weighted by Crippen LogP contribution is -1.84. The average molecular weight is 316 g/mol. The summed E-state index contributed by atoms with van der Waals surface area (Å²) >= 11 is 12.1. The molecule has 104 valence electrons. The van der Waals surface area contributed by atoms with Crippen LogP contribution in [-0.2, 0) is 0 Å². The Labute approximate surface area is 133 Å². The minimum Gasteiger partial charge on any atom is -0.213 e. The van der Waals surface area contributed by atoms with Crippen molar-refractivity contribution in [2.24, 2.45) is 0 Å². The molecular weight excluding hydrogens is 303 g/mol. The van der Waals surface area contributed by atoms with Gasteiger partial charge >= 0.3 is 11.5 Å². The second kappa shape index (κ2) is 5.88. The fourth-order valence-corrected chi connectivity index (χ4v) is 2.63. The summed E-state index contributed by atoms with van der Waals surface area (Å²) in [5, 5.41) is 1.41. The molecule has 3 heteroatoms. The summed E-state index contributed by atoms with van der Waals surface area (Å²) in [7, 11) is 0. The third-order valence-corrected chi connectivity index (χ3v) is 3.65. The summed E-state index contributed by atoms with van der Waals surface area (Å²) in [6.07, 6.45) is 0. The highest BCUT2D eigenvalue weighted by Crippen LogP contribution is 2.30. The number of rotatable bonds is 2. The van der Waals surface area contributed by atoms with E-state index in [1.807, 2.05) is 67.6 Å². The molecule has 0 aliphatic heterocycles. The van der Waals surface area contributed by atoms with Gasteiger partial charge in [-0.25, -0.2) is 4.42 Å². The first-order valence-electron chi connectivity index (χ1n) is 6.58. The number of hydrogen-bond donors (Lipinski definition) is 0. The molecule has 0 aliphatic rings. The molecule has 0 saturated heterocycles. The zero-order valence-corrected chi connectivity index (χ0v) is 12.9. The SMILES string of the molecule is Cc1cc(-c2cccc(Cl)c2)cc(-c2cccc(Cl)c2)[o+]1. The molecule has 0 bridgehead atoms. The van der Waals surface area contributed by atoms with E-state index >= 15 is 0 Å². The van der Waals surface area contributed by atoms with Gasteiger partial charge in [-0.05, 0) is 35.9 Å². The van der Waals surface area contributed by atoms with Crippen molar-refractivity contribution in [2.45, 2.75) is 6.92 Å². The van der Waals surface area contributed by atoms with Crippen LogP contribution >= 0.6 is 23.2 Å². The Morgan fingerprint density at radius 1 is 0.714 bits per heavy atom. The van der Waals surface area contributed by atoms with Crippen LogP contribution in [0.1, 0.15) is 5.76 Å². The van der Waals surface area contributed by atoms with Gasteiger partial charge in [0.2, 0.25) is 0 Å². The molecule has 0 fully saturated rings. The first-order valence-corrected chi connectivity index (χ1v) is 7.34. The third kappa shape index (κ3) is 3.26. The van der Waals surface area contributed by atoms with Crippen molar-refractivity contribution in [1.82, 2.24) is 0 Å². The Balaban J connectivity index is 2.12. The van der Waals surface area contributed by atoms with Gasteiger partial charge in [0.05, 0.1) is 18.6 Å². The second-order valence-corrected chi connectivity index (χ2v) is 5.71. The van der Waals surface area contributed by atoms with Gasteiger partial charge in [0.15, 0.2) is 0 Å². The third-order valence-electron chi connectivity index (χ3n) is 3.18. The fourth-order valence-electron chi connectivity index (χ4n) is 2.25. The molecule has 0 unspecified atom stereocenters. The lowest BCUT2D eigenvalue weighted by atomic mass is 10.0. The normalized spacial score (nSPS) is 10.6. The van der Waals surface area contributed by atoms with Gasteiger partial charge in [-0.15, -0.1) is 0 Å². The summed E-state index contributed by atoms with van der Waals surface area (Å²) < 4.78 is 5.82. The van der Waals surface area contributed by atoms with Crippen LogP contribution < -0.4 is 0 Å². The van der Waals surface area contributed by atoms with E-state index in [4.69, 9.17) is 27.6 Å². The smallest absolute Gasteiger partial charge is 0.213 e. The van der Waals surface area contributed by atoms with Gasteiger partial charge < -0.3 is 0 Å². The van der Waals surface area contributed by atoms with Gasteiger partial charge in [0.1, 0.15) is 0 Å². The number of aryl methyl sites for hydroxylation is 1. The van der Waals surface area contributed by atoms with Gasteiger partial charge in [0, 0.05) is 21.7 Å². The summed E-state index contributed by atoms with van der Waals surface area (Å²) in [5.74, 6) is 1.62. The topological polar surface area (TPSA) is 11.3 Å². The molecule has 1 nitrogen and oxygen atoms in total. The Morgan fingerprint density at radius 3 is 2.00 bits per heavy atom. The number of benzene rings is 2. The maximum Gasteiger partial charge on any atom is 0.360 e. The Bertz CT molecular complexity index is 733. The largest absolute Gasteiger partial charge is 0.360 e. The predicted molar refractivity (Wildman–Crippen MR) is 88.7 cm³/mol. The van der Waals surface area contributed by atoms with Crippen LogP contribution in [0, 0.1) is 6.92 Å². The monoisotopic (exact) mass is 315 g/mol. The zero-order valence-electron chi connectivity index (χ0n) is 11.4. The molecule has 0 radical (unpaired) electrons. The Morgan fingerprint density at radius 2 is 1.33 bits per heavy atom. The van der Waals surface area contributed by atoms with E-state index in [0.717, 1.165) is 33.2 Å². The van der Waals surface area contributed by atoms with Gasteiger partial charge in [-0.1, -0.05) is 41.4 Å². The van der Waals surface area contributed by atoms with E-state index in [2.05, 4.69) is 0 Å². The van der Waals surface area contributed by atoms with Crippen LogP contribution in [0.3, 0.4) is 0 Å². The lowest BCUT2D eigenvalue weighted by molar-refractivity contribution is 0.532. The number of hydrogen-bond acceptors (Lipinski definition) is 0. The molecule has 2 aromatic carbocycles. The molecule has 0 N–H and O–H groups in total. The van der Waals surface area contributed by atoms with Crippen LogP contribution in [0.15, 0.2) is 65.1 Å². The molecule has 1 aromatic heterocycles. The summed E-state index contributed by atoms with van der Waals surface area (Å²) in [6, 6.07) is 19.4. The van der Waals surface area contributed by atoms with Crippen molar-refractivity contribution in [3.8, 4) is 22.5 Å². The summed E-state index contributed by atoms with van der Waals surface area (Å²) in [4.78, 5) is 0. The average Bonchev–Trinajstić information content (AvgIpc) is 2.46. The molecule has 3 aromatic rings. The van der Waals surface area contributed by atoms with Crippen LogP contribution in [0.4, 0.5) is 0 Å². The molecule has 21 heavy (non-hydrogen) atoms. The molecule has 0 amide bonds. The standard InChI is InChI=1S/C18H13Cl2O/c1-12-8-15(13-4-2-6-16(19)9-13)11-18(21-12)14-5-3-7-17(20)10-14/h2-11H,1H3/q+1. The first-order chi connectivity index (χ1) is 10.1. The minimum absolute atomic E-state index is 0.688. The van der Waals surface area contributed by atoms with Crippen LogP contribution in [-0.4, -0.2) is 0 Å². The summed E-state index contributed by atoms with van der Waals surface area (Å²) in [5.41, 5.74) is 3.08. The highest BCUT2D eigenvalue weighted by atomic mass is 35.5. The molecule has 0 spiro atoms. The molecule has 3 rings (SSSR count). The van der Waals surface area contributed by atoms with E-state index in [9.17, 15) is 0 Å². The predicted octanol–water partition coefficient (Wildman–Crippen LogP) is 6.51. The quantitative estimate of drug-likeness (QED) is 0.490. The molecule has 0 aliphatic carbocycles. The lowest BCUT2D eigenvalue weighted by Gasteiger charge is -2.01. The van der Waals surface area contributed by atoms with Crippen LogP contribution in [0.2, 0.25) is 10.0 Å². The second-order valence-electron chi connectivity index (χ2n) is 4.84. The van der Waals surface area contributed by atoms with Crippen molar-refractivity contribution in [3.05, 3.63) is 76.5 Å². The van der Waals surface area contributed by atoms with E-state index < -0.39 is 0 Å². The van der Waals surface area contributed by atoms with Gasteiger partial charge in [-0.3, -0.25) is 0 Å². The Hall–Kier alpha value is -1.83. The molecule has 0 saturated carbocycles. The zero-order chi connectivity index (χ0) is 14.8. The molecule has 1 heterocycles. The maximum atomic E-state index is 6.07. The molecular formula is C18H13Cl2O+. The van der Waals surface area contributed by atoms with E-state index in [1.165, 1.54) is 0 Å².